The van der Waals surface area contributed by atoms with Crippen molar-refractivity contribution in [3.63, 3.8) is 0 Å². The molecule has 0 saturated carbocycles. The lowest BCUT2D eigenvalue weighted by molar-refractivity contribution is 0.482. The van der Waals surface area contributed by atoms with Gasteiger partial charge in [0.15, 0.2) is 9.84 Å². The first-order chi connectivity index (χ1) is 8.78. The molecule has 2 unspecified atom stereocenters. The quantitative estimate of drug-likeness (QED) is 0.807. The summed E-state index contributed by atoms with van der Waals surface area (Å²) in [5.41, 5.74) is 0.431. The third-order valence-electron chi connectivity index (χ3n) is 3.18. The van der Waals surface area contributed by atoms with Crippen molar-refractivity contribution in [2.45, 2.75) is 25.4 Å². The normalized spacial score (nSPS) is 26.9. The van der Waals surface area contributed by atoms with E-state index in [0.29, 0.717) is 12.0 Å². The van der Waals surface area contributed by atoms with Crippen molar-refractivity contribution in [2.24, 2.45) is 0 Å². The summed E-state index contributed by atoms with van der Waals surface area (Å²) in [5.74, 6) is -0.555. The predicted molar refractivity (Wildman–Crippen MR) is 75.0 cm³/mol. The predicted octanol–water partition coefficient (Wildman–Crippen LogP) is 2.97. The Balaban J connectivity index is 2.41. The number of rotatable bonds is 1. The molecule has 1 saturated heterocycles. The molecule has 106 valence electrons. The molecule has 1 heterocycles. The SMILES string of the molecule is CC1CCS(=O)(=O)CC(c2cc(F)c(Cl)cc2Cl)N1. The lowest BCUT2D eigenvalue weighted by atomic mass is 10.1. The topological polar surface area (TPSA) is 46.2 Å². The summed E-state index contributed by atoms with van der Waals surface area (Å²) in [6.45, 7) is 1.90. The molecule has 0 amide bonds. The first-order valence-corrected chi connectivity index (χ1v) is 8.47. The van der Waals surface area contributed by atoms with E-state index in [1.807, 2.05) is 6.92 Å². The lowest BCUT2D eigenvalue weighted by Gasteiger charge is -2.20. The summed E-state index contributed by atoms with van der Waals surface area (Å²) in [4.78, 5) is 0. The highest BCUT2D eigenvalue weighted by atomic mass is 35.5. The van der Waals surface area contributed by atoms with Crippen molar-refractivity contribution >= 4 is 33.0 Å². The molecule has 1 aromatic rings. The molecule has 0 bridgehead atoms. The van der Waals surface area contributed by atoms with E-state index >= 15 is 0 Å². The van der Waals surface area contributed by atoms with Gasteiger partial charge in [-0.1, -0.05) is 23.2 Å². The number of halogens is 3. The first kappa shape index (κ1) is 15.0. The Morgan fingerprint density at radius 1 is 1.32 bits per heavy atom. The minimum Gasteiger partial charge on any atom is -0.306 e. The number of benzene rings is 1. The lowest BCUT2D eigenvalue weighted by Crippen LogP contribution is -2.31. The molecule has 2 atom stereocenters. The highest BCUT2D eigenvalue weighted by molar-refractivity contribution is 7.91. The van der Waals surface area contributed by atoms with Gasteiger partial charge in [0.25, 0.3) is 0 Å². The average molecular weight is 326 g/mol. The van der Waals surface area contributed by atoms with E-state index in [1.54, 1.807) is 0 Å². The van der Waals surface area contributed by atoms with Gasteiger partial charge in [0.1, 0.15) is 5.82 Å². The van der Waals surface area contributed by atoms with Crippen molar-refractivity contribution < 1.29 is 12.8 Å². The summed E-state index contributed by atoms with van der Waals surface area (Å²) in [6.07, 6.45) is 0.534. The summed E-state index contributed by atoms with van der Waals surface area (Å²) < 4.78 is 37.3. The van der Waals surface area contributed by atoms with E-state index in [0.717, 1.165) is 0 Å². The summed E-state index contributed by atoms with van der Waals surface area (Å²) in [5, 5.41) is 3.37. The fourth-order valence-electron chi connectivity index (χ4n) is 2.15. The molecule has 0 aromatic heterocycles. The van der Waals surface area contributed by atoms with Crippen molar-refractivity contribution in [1.82, 2.24) is 5.32 Å². The van der Waals surface area contributed by atoms with E-state index in [1.165, 1.54) is 12.1 Å². The van der Waals surface area contributed by atoms with Gasteiger partial charge < -0.3 is 5.32 Å². The molecule has 1 N–H and O–H groups in total. The van der Waals surface area contributed by atoms with Gasteiger partial charge in [0, 0.05) is 17.1 Å². The molecule has 1 aromatic carbocycles. The number of sulfone groups is 1. The van der Waals surface area contributed by atoms with Crippen LogP contribution in [0, 0.1) is 5.82 Å². The molecule has 2 rings (SSSR count). The second-order valence-electron chi connectivity index (χ2n) is 4.81. The van der Waals surface area contributed by atoms with Crippen LogP contribution in [0.4, 0.5) is 4.39 Å². The molecular weight excluding hydrogens is 312 g/mol. The fourth-order valence-corrected chi connectivity index (χ4v) is 4.33. The maximum absolute atomic E-state index is 13.5. The highest BCUT2D eigenvalue weighted by Gasteiger charge is 2.28. The van der Waals surface area contributed by atoms with Crippen LogP contribution in [0.5, 0.6) is 0 Å². The Morgan fingerprint density at radius 2 is 2.00 bits per heavy atom. The van der Waals surface area contributed by atoms with Gasteiger partial charge in [0.2, 0.25) is 0 Å². The van der Waals surface area contributed by atoms with Crippen molar-refractivity contribution in [3.8, 4) is 0 Å². The standard InChI is InChI=1S/C12H14Cl2FNO2S/c1-7-2-3-19(17,18)6-12(16-7)8-4-11(15)10(14)5-9(8)13/h4-5,7,12,16H,2-3,6H2,1H3. The molecular formula is C12H14Cl2FNO2S. The van der Waals surface area contributed by atoms with Crippen LogP contribution in [0.15, 0.2) is 12.1 Å². The third kappa shape index (κ3) is 3.60. The molecule has 19 heavy (non-hydrogen) atoms. The Kier molecular flexibility index (Phi) is 4.40. The van der Waals surface area contributed by atoms with Gasteiger partial charge in [-0.3, -0.25) is 0 Å². The highest BCUT2D eigenvalue weighted by Crippen LogP contribution is 2.31. The zero-order valence-electron chi connectivity index (χ0n) is 10.3. The van der Waals surface area contributed by atoms with Crippen LogP contribution in [0.25, 0.3) is 0 Å². The van der Waals surface area contributed by atoms with Gasteiger partial charge >= 0.3 is 0 Å². The molecule has 1 aliphatic heterocycles. The number of hydrogen-bond donors (Lipinski definition) is 1. The first-order valence-electron chi connectivity index (χ1n) is 5.89. The van der Waals surface area contributed by atoms with E-state index in [4.69, 9.17) is 23.2 Å². The van der Waals surface area contributed by atoms with Gasteiger partial charge in [-0.2, -0.15) is 0 Å². The largest absolute Gasteiger partial charge is 0.306 e. The van der Waals surface area contributed by atoms with Gasteiger partial charge in [-0.05, 0) is 31.0 Å². The maximum atomic E-state index is 13.5. The molecule has 0 radical (unpaired) electrons. The maximum Gasteiger partial charge on any atom is 0.152 e. The van der Waals surface area contributed by atoms with E-state index in [9.17, 15) is 12.8 Å². The molecule has 0 spiro atoms. The Hall–Kier alpha value is -0.360. The van der Waals surface area contributed by atoms with Crippen LogP contribution in [-0.2, 0) is 9.84 Å². The van der Waals surface area contributed by atoms with Crippen LogP contribution in [0.1, 0.15) is 24.9 Å². The van der Waals surface area contributed by atoms with Gasteiger partial charge in [0.05, 0.1) is 16.5 Å². The zero-order chi connectivity index (χ0) is 14.2. The van der Waals surface area contributed by atoms with Crippen molar-refractivity contribution in [1.29, 1.82) is 0 Å². The van der Waals surface area contributed by atoms with Gasteiger partial charge in [-0.15, -0.1) is 0 Å². The van der Waals surface area contributed by atoms with Crippen LogP contribution in [0.2, 0.25) is 10.0 Å². The van der Waals surface area contributed by atoms with E-state index < -0.39 is 21.7 Å². The third-order valence-corrected chi connectivity index (χ3v) is 5.50. The Labute approximate surface area is 122 Å². The van der Waals surface area contributed by atoms with Crippen LogP contribution in [0.3, 0.4) is 0 Å². The Bertz CT molecular complexity index is 592. The number of hydrogen-bond acceptors (Lipinski definition) is 3. The van der Waals surface area contributed by atoms with Crippen molar-refractivity contribution in [3.05, 3.63) is 33.6 Å². The molecule has 1 fully saturated rings. The molecule has 1 aliphatic rings. The smallest absolute Gasteiger partial charge is 0.152 e. The van der Waals surface area contributed by atoms with E-state index in [-0.39, 0.29) is 27.6 Å². The average Bonchev–Trinajstić information content (AvgIpc) is 2.43. The van der Waals surface area contributed by atoms with Crippen LogP contribution in [-0.4, -0.2) is 26.0 Å². The molecule has 0 aliphatic carbocycles. The second-order valence-corrected chi connectivity index (χ2v) is 7.85. The second kappa shape index (κ2) is 5.56. The summed E-state index contributed by atoms with van der Waals surface area (Å²) >= 11 is 11.7. The monoisotopic (exact) mass is 325 g/mol. The Morgan fingerprint density at radius 3 is 2.68 bits per heavy atom. The minimum atomic E-state index is -3.17. The van der Waals surface area contributed by atoms with E-state index in [2.05, 4.69) is 5.32 Å². The number of nitrogens with one attached hydrogen (secondary N) is 1. The summed E-state index contributed by atoms with van der Waals surface area (Å²) in [6, 6.07) is 2.02. The van der Waals surface area contributed by atoms with Gasteiger partial charge in [-0.25, -0.2) is 12.8 Å². The molecule has 7 heteroatoms. The zero-order valence-corrected chi connectivity index (χ0v) is 12.6. The molecule has 3 nitrogen and oxygen atoms in total. The van der Waals surface area contributed by atoms with Crippen molar-refractivity contribution in [2.75, 3.05) is 11.5 Å². The fraction of sp³-hybridized carbons (Fsp3) is 0.500. The van der Waals surface area contributed by atoms with Crippen LogP contribution < -0.4 is 5.32 Å². The minimum absolute atomic E-state index is 0.0251. The summed E-state index contributed by atoms with van der Waals surface area (Å²) in [7, 11) is -3.17. The van der Waals surface area contributed by atoms with Crippen LogP contribution >= 0.6 is 23.2 Å².